The van der Waals surface area contributed by atoms with Crippen LogP contribution in [0.1, 0.15) is 11.1 Å². The van der Waals surface area contributed by atoms with Crippen molar-refractivity contribution in [2.45, 2.75) is 6.92 Å². The Balaban J connectivity index is 1.46. The van der Waals surface area contributed by atoms with Gasteiger partial charge in [0.05, 0.1) is 19.7 Å². The minimum Gasteiger partial charge on any atom is -0.493 e. The van der Waals surface area contributed by atoms with E-state index in [1.807, 2.05) is 67.6 Å². The van der Waals surface area contributed by atoms with Crippen LogP contribution >= 0.6 is 0 Å². The van der Waals surface area contributed by atoms with E-state index in [1.165, 1.54) is 12.4 Å². The number of nitrogens with zero attached hydrogens (tertiary/aromatic N) is 2. The van der Waals surface area contributed by atoms with Gasteiger partial charge in [0.1, 0.15) is 12.1 Å². The minimum absolute atomic E-state index is 0.183. The topological polar surface area (TPSA) is 85.4 Å². The molecule has 4 aromatic rings. The van der Waals surface area contributed by atoms with Gasteiger partial charge in [-0.3, -0.25) is 4.79 Å². The number of anilines is 3. The summed E-state index contributed by atoms with van der Waals surface area (Å²) < 4.78 is 10.8. The number of aryl methyl sites for hydroxylation is 1. The van der Waals surface area contributed by atoms with Crippen LogP contribution < -0.4 is 20.1 Å². The van der Waals surface area contributed by atoms with Crippen LogP contribution in [0.3, 0.4) is 0 Å². The van der Waals surface area contributed by atoms with Crippen molar-refractivity contribution in [3.8, 4) is 11.5 Å². The van der Waals surface area contributed by atoms with Crippen molar-refractivity contribution < 1.29 is 14.3 Å². The number of fused-ring (bicyclic) bond motifs is 1. The molecule has 0 fully saturated rings. The molecule has 1 amide bonds. The number of amides is 1. The van der Waals surface area contributed by atoms with Crippen molar-refractivity contribution in [1.82, 2.24) is 9.97 Å². The highest BCUT2D eigenvalue weighted by Gasteiger charge is 2.11. The molecule has 0 aliphatic rings. The molecule has 3 aromatic carbocycles. The molecule has 0 saturated heterocycles. The fraction of sp³-hybridized carbons (Fsp3) is 0.115. The average molecular weight is 441 g/mol. The first-order valence-corrected chi connectivity index (χ1v) is 10.4. The number of methoxy groups -OCH3 is 2. The highest BCUT2D eigenvalue weighted by atomic mass is 16.5. The molecule has 0 radical (unpaired) electrons. The van der Waals surface area contributed by atoms with Crippen LogP contribution in [0, 0.1) is 6.92 Å². The zero-order chi connectivity index (χ0) is 23.2. The molecule has 1 aromatic heterocycles. The van der Waals surface area contributed by atoms with Crippen molar-refractivity contribution in [3.05, 3.63) is 84.2 Å². The van der Waals surface area contributed by atoms with Gasteiger partial charge in [-0.05, 0) is 48.9 Å². The number of hydrogen-bond donors (Lipinski definition) is 2. The molecule has 0 aliphatic heterocycles. The van der Waals surface area contributed by atoms with Crippen molar-refractivity contribution in [2.75, 3.05) is 24.9 Å². The maximum absolute atomic E-state index is 12.2. The third-order valence-corrected chi connectivity index (χ3v) is 5.06. The lowest BCUT2D eigenvalue weighted by molar-refractivity contribution is -0.111. The van der Waals surface area contributed by atoms with Gasteiger partial charge >= 0.3 is 0 Å². The molecule has 4 rings (SSSR count). The summed E-state index contributed by atoms with van der Waals surface area (Å²) in [4.78, 5) is 20.9. The molecule has 0 unspecified atom stereocenters. The summed E-state index contributed by atoms with van der Waals surface area (Å²) in [5.74, 6) is 1.68. The molecule has 0 saturated carbocycles. The predicted octanol–water partition coefficient (Wildman–Crippen LogP) is 5.35. The maximum atomic E-state index is 12.2. The highest BCUT2D eigenvalue weighted by Crippen LogP contribution is 2.34. The van der Waals surface area contributed by atoms with E-state index >= 15 is 0 Å². The smallest absolute Gasteiger partial charge is 0.248 e. The van der Waals surface area contributed by atoms with Gasteiger partial charge in [0.15, 0.2) is 11.5 Å². The Morgan fingerprint density at radius 3 is 2.24 bits per heavy atom. The lowest BCUT2D eigenvalue weighted by Gasteiger charge is -2.12. The van der Waals surface area contributed by atoms with Gasteiger partial charge in [-0.15, -0.1) is 0 Å². The third-order valence-electron chi connectivity index (χ3n) is 5.06. The number of ether oxygens (including phenoxy) is 2. The average Bonchev–Trinajstić information content (AvgIpc) is 2.84. The summed E-state index contributed by atoms with van der Waals surface area (Å²) in [6.45, 7) is 2.01. The Morgan fingerprint density at radius 2 is 1.55 bits per heavy atom. The second-order valence-electron chi connectivity index (χ2n) is 7.38. The molecule has 1 heterocycles. The van der Waals surface area contributed by atoms with Crippen molar-refractivity contribution in [3.63, 3.8) is 0 Å². The number of nitrogens with one attached hydrogen (secondary N) is 2. The molecule has 0 aliphatic carbocycles. The number of rotatable bonds is 7. The summed E-state index contributed by atoms with van der Waals surface area (Å²) in [6, 6.07) is 19.0. The van der Waals surface area contributed by atoms with Crippen LogP contribution in [-0.2, 0) is 4.79 Å². The maximum Gasteiger partial charge on any atom is 0.248 e. The van der Waals surface area contributed by atoms with Crippen molar-refractivity contribution >= 4 is 40.1 Å². The molecule has 7 nitrogen and oxygen atoms in total. The van der Waals surface area contributed by atoms with E-state index in [4.69, 9.17) is 9.47 Å². The fourth-order valence-electron chi connectivity index (χ4n) is 3.29. The highest BCUT2D eigenvalue weighted by molar-refractivity contribution is 6.02. The van der Waals surface area contributed by atoms with Crippen LogP contribution in [0.15, 0.2) is 73.1 Å². The lowest BCUT2D eigenvalue weighted by Crippen LogP contribution is -2.07. The van der Waals surface area contributed by atoms with E-state index in [0.717, 1.165) is 33.4 Å². The first-order chi connectivity index (χ1) is 16.1. The molecule has 2 N–H and O–H groups in total. The van der Waals surface area contributed by atoms with Gasteiger partial charge in [-0.25, -0.2) is 9.97 Å². The SMILES string of the molecule is COc1cc2ncnc(Nc3ccc(/C=C/C(=O)Nc4ccc(C)cc4)cc3)c2cc1OC. The number of aromatic nitrogens is 2. The predicted molar refractivity (Wildman–Crippen MR) is 131 cm³/mol. The molecule has 33 heavy (non-hydrogen) atoms. The largest absolute Gasteiger partial charge is 0.493 e. The molecule has 0 atom stereocenters. The van der Waals surface area contributed by atoms with Crippen LogP contribution in [0.4, 0.5) is 17.2 Å². The van der Waals surface area contributed by atoms with Gasteiger partial charge in [-0.1, -0.05) is 29.8 Å². The van der Waals surface area contributed by atoms with E-state index in [1.54, 1.807) is 20.3 Å². The number of carbonyl (C=O) groups is 1. The van der Waals surface area contributed by atoms with Crippen molar-refractivity contribution in [1.29, 1.82) is 0 Å². The Kier molecular flexibility index (Phi) is 6.50. The second-order valence-corrected chi connectivity index (χ2v) is 7.38. The molecular weight excluding hydrogens is 416 g/mol. The van der Waals surface area contributed by atoms with Gasteiger partial charge < -0.3 is 20.1 Å². The van der Waals surface area contributed by atoms with E-state index in [-0.39, 0.29) is 5.91 Å². The van der Waals surface area contributed by atoms with Gasteiger partial charge in [0.2, 0.25) is 5.91 Å². The molecular formula is C26H24N4O3. The number of carbonyl (C=O) groups excluding carboxylic acids is 1. The third kappa shape index (κ3) is 5.27. The minimum atomic E-state index is -0.183. The van der Waals surface area contributed by atoms with Crippen LogP contribution in [0.25, 0.3) is 17.0 Å². The Labute approximate surface area is 192 Å². The Hall–Kier alpha value is -4.39. The second kappa shape index (κ2) is 9.82. The van der Waals surface area contributed by atoms with Crippen molar-refractivity contribution in [2.24, 2.45) is 0 Å². The lowest BCUT2D eigenvalue weighted by atomic mass is 10.1. The normalized spacial score (nSPS) is 10.9. The quantitative estimate of drug-likeness (QED) is 0.377. The van der Waals surface area contributed by atoms with E-state index in [0.29, 0.717) is 17.3 Å². The van der Waals surface area contributed by atoms with E-state index in [9.17, 15) is 4.79 Å². The van der Waals surface area contributed by atoms with E-state index < -0.39 is 0 Å². The van der Waals surface area contributed by atoms with Gasteiger partial charge in [0, 0.05) is 28.9 Å². The Morgan fingerprint density at radius 1 is 0.879 bits per heavy atom. The number of hydrogen-bond acceptors (Lipinski definition) is 6. The zero-order valence-corrected chi connectivity index (χ0v) is 18.6. The summed E-state index contributed by atoms with van der Waals surface area (Å²) in [6.07, 6.45) is 4.78. The monoisotopic (exact) mass is 440 g/mol. The first-order valence-electron chi connectivity index (χ1n) is 10.4. The number of benzene rings is 3. The van der Waals surface area contributed by atoms with Gasteiger partial charge in [0.25, 0.3) is 0 Å². The summed E-state index contributed by atoms with van der Waals surface area (Å²) in [5, 5.41) is 6.97. The summed E-state index contributed by atoms with van der Waals surface area (Å²) >= 11 is 0. The standard InChI is InChI=1S/C26H24N4O3/c1-17-4-9-19(10-5-17)29-25(31)13-8-18-6-11-20(12-7-18)30-26-21-14-23(32-2)24(33-3)15-22(21)27-16-28-26/h4-16H,1-3H3,(H,29,31)(H,27,28,30)/b13-8+. The van der Waals surface area contributed by atoms with E-state index in [2.05, 4.69) is 20.6 Å². The molecule has 0 spiro atoms. The van der Waals surface area contributed by atoms with Crippen LogP contribution in [0.5, 0.6) is 11.5 Å². The zero-order valence-electron chi connectivity index (χ0n) is 18.6. The molecule has 0 bridgehead atoms. The fourth-order valence-corrected chi connectivity index (χ4v) is 3.29. The Bertz CT molecular complexity index is 1300. The molecule has 166 valence electrons. The summed E-state index contributed by atoms with van der Waals surface area (Å²) in [7, 11) is 3.18. The van der Waals surface area contributed by atoms with Gasteiger partial charge in [-0.2, -0.15) is 0 Å². The summed E-state index contributed by atoms with van der Waals surface area (Å²) in [5.41, 5.74) is 4.40. The first kappa shape index (κ1) is 21.8. The van der Waals surface area contributed by atoms with Crippen LogP contribution in [0.2, 0.25) is 0 Å². The molecule has 7 heteroatoms. The van der Waals surface area contributed by atoms with Crippen LogP contribution in [-0.4, -0.2) is 30.1 Å².